The summed E-state index contributed by atoms with van der Waals surface area (Å²) in [6, 6.07) is 13.0. The van der Waals surface area contributed by atoms with Crippen molar-refractivity contribution < 1.29 is 4.79 Å². The topological polar surface area (TPSA) is 66.9 Å². The van der Waals surface area contributed by atoms with Gasteiger partial charge >= 0.3 is 0 Å². The van der Waals surface area contributed by atoms with E-state index < -0.39 is 0 Å². The molecule has 0 aliphatic rings. The summed E-state index contributed by atoms with van der Waals surface area (Å²) in [4.78, 5) is 21.0. The van der Waals surface area contributed by atoms with Crippen molar-refractivity contribution in [2.24, 2.45) is 0 Å². The van der Waals surface area contributed by atoms with Crippen molar-refractivity contribution in [2.45, 2.75) is 20.8 Å². The van der Waals surface area contributed by atoms with Gasteiger partial charge in [-0.25, -0.2) is 9.97 Å². The molecule has 6 heteroatoms. The summed E-state index contributed by atoms with van der Waals surface area (Å²) >= 11 is 6.14. The fraction of sp³-hybridized carbons (Fsp3) is 0.150. The van der Waals surface area contributed by atoms with Crippen LogP contribution in [0.3, 0.4) is 0 Å². The van der Waals surface area contributed by atoms with E-state index in [1.54, 1.807) is 18.3 Å². The lowest BCUT2D eigenvalue weighted by molar-refractivity contribution is 0.102. The second-order valence-electron chi connectivity index (χ2n) is 6.08. The largest absolute Gasteiger partial charge is 0.324 e. The number of amides is 1. The number of halogens is 1. The van der Waals surface area contributed by atoms with Crippen LogP contribution >= 0.6 is 11.6 Å². The quantitative estimate of drug-likeness (QED) is 0.678. The Balaban J connectivity index is 1.80. The molecule has 132 valence electrons. The average Bonchev–Trinajstić information content (AvgIpc) is 2.61. The molecule has 1 heterocycles. The number of aryl methyl sites for hydroxylation is 3. The molecule has 0 unspecified atom stereocenters. The first-order valence-corrected chi connectivity index (χ1v) is 8.55. The van der Waals surface area contributed by atoms with E-state index >= 15 is 0 Å². The van der Waals surface area contributed by atoms with Gasteiger partial charge in [-0.1, -0.05) is 35.9 Å². The van der Waals surface area contributed by atoms with Crippen molar-refractivity contribution in [1.82, 2.24) is 9.97 Å². The van der Waals surface area contributed by atoms with Gasteiger partial charge in [0.25, 0.3) is 5.91 Å². The average molecular weight is 367 g/mol. The molecular formula is C20H19ClN4O. The van der Waals surface area contributed by atoms with Crippen LogP contribution in [0.1, 0.15) is 27.2 Å². The molecule has 1 amide bonds. The summed E-state index contributed by atoms with van der Waals surface area (Å²) in [5.74, 6) is 0.0499. The zero-order valence-electron chi connectivity index (χ0n) is 14.8. The highest BCUT2D eigenvalue weighted by Gasteiger charge is 2.12. The summed E-state index contributed by atoms with van der Waals surface area (Å²) in [5.41, 5.74) is 4.83. The number of carbonyl (C=O) groups excluding carboxylic acids is 1. The normalized spacial score (nSPS) is 10.5. The number of hydrogen-bond donors (Lipinski definition) is 2. The number of para-hydroxylation sites is 1. The van der Waals surface area contributed by atoms with E-state index in [4.69, 9.17) is 11.6 Å². The van der Waals surface area contributed by atoms with E-state index in [0.717, 1.165) is 28.1 Å². The molecule has 0 atom stereocenters. The first kappa shape index (κ1) is 17.9. The highest BCUT2D eigenvalue weighted by atomic mass is 35.5. The third-order valence-electron chi connectivity index (χ3n) is 4.04. The molecule has 26 heavy (non-hydrogen) atoms. The molecule has 0 aliphatic heterocycles. The highest BCUT2D eigenvalue weighted by molar-refractivity contribution is 6.31. The summed E-state index contributed by atoms with van der Waals surface area (Å²) in [6.45, 7) is 5.84. The Morgan fingerprint density at radius 2 is 1.73 bits per heavy atom. The van der Waals surface area contributed by atoms with Crippen molar-refractivity contribution in [2.75, 3.05) is 10.6 Å². The van der Waals surface area contributed by atoms with Crippen LogP contribution in [0.25, 0.3) is 0 Å². The molecule has 3 aromatic rings. The lowest BCUT2D eigenvalue weighted by Crippen LogP contribution is -2.16. The molecule has 0 saturated carbocycles. The van der Waals surface area contributed by atoms with Crippen LogP contribution in [-0.2, 0) is 0 Å². The van der Waals surface area contributed by atoms with Gasteiger partial charge in [-0.3, -0.25) is 4.79 Å². The molecule has 0 aliphatic carbocycles. The molecule has 0 fully saturated rings. The van der Waals surface area contributed by atoms with Gasteiger partial charge in [-0.15, -0.1) is 0 Å². The van der Waals surface area contributed by atoms with Crippen LogP contribution in [0.5, 0.6) is 0 Å². The maximum atomic E-state index is 12.6. The van der Waals surface area contributed by atoms with Crippen LogP contribution in [0.2, 0.25) is 5.02 Å². The Morgan fingerprint density at radius 1 is 1.00 bits per heavy atom. The number of rotatable bonds is 4. The molecule has 2 N–H and O–H groups in total. The van der Waals surface area contributed by atoms with E-state index in [0.29, 0.717) is 11.0 Å². The van der Waals surface area contributed by atoms with Crippen molar-refractivity contribution in [3.63, 3.8) is 0 Å². The molecule has 5 nitrogen and oxygen atoms in total. The number of nitrogens with zero attached hydrogens (tertiary/aromatic N) is 2. The number of hydrogen-bond acceptors (Lipinski definition) is 4. The Hall–Kier alpha value is -2.92. The molecule has 0 saturated heterocycles. The molecule has 2 aromatic carbocycles. The smallest absolute Gasteiger partial charge is 0.274 e. The van der Waals surface area contributed by atoms with Gasteiger partial charge in [0.2, 0.25) is 5.95 Å². The standard InChI is InChI=1S/C20H19ClN4O/c1-12-7-8-15(11-16(12)21)23-20-22-10-9-17(24-20)19(26)25-18-13(2)5-4-6-14(18)3/h4-11H,1-3H3,(H,25,26)(H,22,23,24). The minimum Gasteiger partial charge on any atom is -0.324 e. The third kappa shape index (κ3) is 4.00. The summed E-state index contributed by atoms with van der Waals surface area (Å²) in [7, 11) is 0. The van der Waals surface area contributed by atoms with Gasteiger partial charge in [-0.05, 0) is 55.7 Å². The molecular weight excluding hydrogens is 348 g/mol. The predicted octanol–water partition coefficient (Wildman–Crippen LogP) is 5.05. The Morgan fingerprint density at radius 3 is 2.42 bits per heavy atom. The maximum absolute atomic E-state index is 12.6. The number of aromatic nitrogens is 2. The zero-order valence-corrected chi connectivity index (χ0v) is 15.6. The van der Waals surface area contributed by atoms with E-state index in [1.165, 1.54) is 0 Å². The molecule has 1 aromatic heterocycles. The first-order chi connectivity index (χ1) is 12.4. The van der Waals surface area contributed by atoms with Crippen LogP contribution in [-0.4, -0.2) is 15.9 Å². The van der Waals surface area contributed by atoms with Crippen LogP contribution in [0.4, 0.5) is 17.3 Å². The fourth-order valence-corrected chi connectivity index (χ4v) is 2.71. The monoisotopic (exact) mass is 366 g/mol. The predicted molar refractivity (Wildman–Crippen MR) is 105 cm³/mol. The number of anilines is 3. The van der Waals surface area contributed by atoms with Crippen molar-refractivity contribution >= 4 is 34.8 Å². The van der Waals surface area contributed by atoms with Crippen molar-refractivity contribution in [3.05, 3.63) is 76.1 Å². The zero-order chi connectivity index (χ0) is 18.7. The SMILES string of the molecule is Cc1ccc(Nc2nccc(C(=O)Nc3c(C)cccc3C)n2)cc1Cl. The third-order valence-corrected chi connectivity index (χ3v) is 4.44. The number of carbonyl (C=O) groups is 1. The maximum Gasteiger partial charge on any atom is 0.274 e. The molecule has 0 bridgehead atoms. The summed E-state index contributed by atoms with van der Waals surface area (Å²) in [5, 5.41) is 6.64. The highest BCUT2D eigenvalue weighted by Crippen LogP contribution is 2.22. The summed E-state index contributed by atoms with van der Waals surface area (Å²) in [6.07, 6.45) is 1.55. The van der Waals surface area contributed by atoms with Gasteiger partial charge < -0.3 is 10.6 Å². The van der Waals surface area contributed by atoms with Gasteiger partial charge in [0.05, 0.1) is 0 Å². The second-order valence-corrected chi connectivity index (χ2v) is 6.48. The second kappa shape index (κ2) is 7.54. The van der Waals surface area contributed by atoms with E-state index in [-0.39, 0.29) is 11.6 Å². The molecule has 0 spiro atoms. The Kier molecular flexibility index (Phi) is 5.19. The van der Waals surface area contributed by atoms with Crippen LogP contribution < -0.4 is 10.6 Å². The van der Waals surface area contributed by atoms with Gasteiger partial charge in [-0.2, -0.15) is 0 Å². The lowest BCUT2D eigenvalue weighted by Gasteiger charge is -2.12. The minimum absolute atomic E-state index is 0.281. The molecule has 3 rings (SSSR count). The first-order valence-electron chi connectivity index (χ1n) is 8.18. The number of benzene rings is 2. The Bertz CT molecular complexity index is 952. The van der Waals surface area contributed by atoms with Crippen LogP contribution in [0, 0.1) is 20.8 Å². The van der Waals surface area contributed by atoms with E-state index in [2.05, 4.69) is 20.6 Å². The van der Waals surface area contributed by atoms with Crippen LogP contribution in [0.15, 0.2) is 48.7 Å². The summed E-state index contributed by atoms with van der Waals surface area (Å²) < 4.78 is 0. The minimum atomic E-state index is -0.283. The van der Waals surface area contributed by atoms with Gasteiger partial charge in [0, 0.05) is 22.6 Å². The van der Waals surface area contributed by atoms with Crippen molar-refractivity contribution in [3.8, 4) is 0 Å². The van der Waals surface area contributed by atoms with Gasteiger partial charge in [0.15, 0.2) is 0 Å². The lowest BCUT2D eigenvalue weighted by atomic mass is 10.1. The van der Waals surface area contributed by atoms with Gasteiger partial charge in [0.1, 0.15) is 5.69 Å². The fourth-order valence-electron chi connectivity index (χ4n) is 2.53. The Labute approximate surface area is 157 Å². The number of nitrogens with one attached hydrogen (secondary N) is 2. The van der Waals surface area contributed by atoms with E-state index in [1.807, 2.05) is 51.1 Å². The van der Waals surface area contributed by atoms with E-state index in [9.17, 15) is 4.79 Å². The van der Waals surface area contributed by atoms with Crippen molar-refractivity contribution in [1.29, 1.82) is 0 Å². The molecule has 0 radical (unpaired) electrons.